The maximum atomic E-state index is 5.17. The number of ether oxygens (including phenoxy) is 1. The Morgan fingerprint density at radius 3 is 2.77 bits per heavy atom. The Kier molecular flexibility index (Phi) is 3.31. The maximum Gasteiger partial charge on any atom is 0.128 e. The van der Waals surface area contributed by atoms with Gasteiger partial charge in [0.05, 0.1) is 13.3 Å². The van der Waals surface area contributed by atoms with Crippen LogP contribution < -0.4 is 10.6 Å². The van der Waals surface area contributed by atoms with E-state index in [2.05, 4.69) is 21.0 Å². The molecule has 1 rings (SSSR count). The van der Waals surface area contributed by atoms with E-state index in [0.29, 0.717) is 0 Å². The monoisotopic (exact) mass is 242 g/mol. The highest BCUT2D eigenvalue weighted by atomic mass is 79.9. The van der Waals surface area contributed by atoms with Crippen molar-refractivity contribution in [1.82, 2.24) is 0 Å². The van der Waals surface area contributed by atoms with Gasteiger partial charge in [0.25, 0.3) is 0 Å². The van der Waals surface area contributed by atoms with Crippen LogP contribution in [0.1, 0.15) is 11.1 Å². The number of nitrogens with zero attached hydrogens (tertiary/aromatic N) is 1. The van der Waals surface area contributed by atoms with Gasteiger partial charge in [-0.1, -0.05) is 15.9 Å². The Morgan fingerprint density at radius 2 is 2.23 bits per heavy atom. The lowest BCUT2D eigenvalue weighted by molar-refractivity contribution is 0.413. The number of nitrogens with two attached hydrogens (primary N) is 1. The lowest BCUT2D eigenvalue weighted by Crippen LogP contribution is -1.94. The zero-order valence-electron chi connectivity index (χ0n) is 7.54. The predicted octanol–water partition coefficient (Wildman–Crippen LogP) is 2.06. The number of halogens is 1. The van der Waals surface area contributed by atoms with Crippen LogP contribution in [0.2, 0.25) is 0 Å². The molecule has 0 radical (unpaired) electrons. The average Bonchev–Trinajstić information content (AvgIpc) is 2.11. The van der Waals surface area contributed by atoms with E-state index in [9.17, 15) is 0 Å². The third kappa shape index (κ3) is 2.21. The third-order valence-electron chi connectivity index (χ3n) is 1.72. The van der Waals surface area contributed by atoms with Crippen molar-refractivity contribution in [2.24, 2.45) is 10.9 Å². The van der Waals surface area contributed by atoms with Gasteiger partial charge in [0.15, 0.2) is 0 Å². The number of hydrogen-bond donors (Lipinski definition) is 1. The van der Waals surface area contributed by atoms with Gasteiger partial charge in [0.1, 0.15) is 5.75 Å². The normalized spacial score (nSPS) is 10.7. The van der Waals surface area contributed by atoms with Crippen molar-refractivity contribution in [1.29, 1.82) is 0 Å². The molecule has 0 heterocycles. The van der Waals surface area contributed by atoms with Gasteiger partial charge in [-0.3, -0.25) is 0 Å². The first kappa shape index (κ1) is 10.1. The number of benzene rings is 1. The second-order valence-electron chi connectivity index (χ2n) is 2.62. The quantitative estimate of drug-likeness (QED) is 0.491. The van der Waals surface area contributed by atoms with Gasteiger partial charge in [-0.2, -0.15) is 5.10 Å². The number of hydrogen-bond acceptors (Lipinski definition) is 3. The topological polar surface area (TPSA) is 47.6 Å². The van der Waals surface area contributed by atoms with Crippen molar-refractivity contribution < 1.29 is 4.74 Å². The van der Waals surface area contributed by atoms with Crippen LogP contribution >= 0.6 is 15.9 Å². The summed E-state index contributed by atoms with van der Waals surface area (Å²) in [4.78, 5) is 0. The first-order valence-electron chi connectivity index (χ1n) is 3.76. The van der Waals surface area contributed by atoms with Crippen LogP contribution in [0.15, 0.2) is 21.7 Å². The van der Waals surface area contributed by atoms with E-state index in [1.165, 1.54) is 0 Å². The van der Waals surface area contributed by atoms with Crippen LogP contribution in [0, 0.1) is 6.92 Å². The van der Waals surface area contributed by atoms with E-state index < -0.39 is 0 Å². The summed E-state index contributed by atoms with van der Waals surface area (Å²) in [7, 11) is 1.62. The molecule has 0 saturated carbocycles. The fraction of sp³-hybridized carbons (Fsp3) is 0.222. The van der Waals surface area contributed by atoms with Crippen molar-refractivity contribution in [3.05, 3.63) is 27.7 Å². The van der Waals surface area contributed by atoms with E-state index in [-0.39, 0.29) is 0 Å². The molecule has 1 aromatic rings. The molecule has 0 saturated heterocycles. The molecule has 13 heavy (non-hydrogen) atoms. The molecular formula is C9H11BrN2O. The fourth-order valence-electron chi connectivity index (χ4n) is 1.03. The second-order valence-corrected chi connectivity index (χ2v) is 3.48. The van der Waals surface area contributed by atoms with Gasteiger partial charge in [0.2, 0.25) is 0 Å². The highest BCUT2D eigenvalue weighted by Gasteiger charge is 2.03. The standard InChI is InChI=1S/C9H11BrN2O/c1-6-3-9(13-2)7(5-12-11)4-8(6)10/h3-5H,11H2,1-2H3. The van der Waals surface area contributed by atoms with Gasteiger partial charge < -0.3 is 10.6 Å². The Hall–Kier alpha value is -1.03. The van der Waals surface area contributed by atoms with Crippen molar-refractivity contribution in [3.63, 3.8) is 0 Å². The second kappa shape index (κ2) is 4.28. The highest BCUT2D eigenvalue weighted by Crippen LogP contribution is 2.25. The van der Waals surface area contributed by atoms with Crippen molar-refractivity contribution in [2.45, 2.75) is 6.92 Å². The molecule has 1 aromatic carbocycles. The number of hydrazone groups is 1. The summed E-state index contributed by atoms with van der Waals surface area (Å²) >= 11 is 3.42. The minimum absolute atomic E-state index is 0.773. The van der Waals surface area contributed by atoms with Gasteiger partial charge >= 0.3 is 0 Å². The Morgan fingerprint density at radius 1 is 1.54 bits per heavy atom. The van der Waals surface area contributed by atoms with Gasteiger partial charge in [-0.05, 0) is 24.6 Å². The average molecular weight is 243 g/mol. The molecule has 4 heteroatoms. The maximum absolute atomic E-state index is 5.17. The van der Waals surface area contributed by atoms with E-state index in [1.807, 2.05) is 19.1 Å². The molecule has 2 N–H and O–H groups in total. The van der Waals surface area contributed by atoms with Crippen LogP contribution in [0.4, 0.5) is 0 Å². The summed E-state index contributed by atoms with van der Waals surface area (Å²) < 4.78 is 6.18. The van der Waals surface area contributed by atoms with Gasteiger partial charge in [0, 0.05) is 10.0 Å². The fourth-order valence-corrected chi connectivity index (χ4v) is 1.39. The number of rotatable bonds is 2. The minimum atomic E-state index is 0.773. The SMILES string of the molecule is COc1cc(C)c(Br)cc1C=NN. The number of methoxy groups -OCH3 is 1. The summed E-state index contributed by atoms with van der Waals surface area (Å²) in [5.74, 6) is 5.84. The summed E-state index contributed by atoms with van der Waals surface area (Å²) in [6, 6.07) is 3.85. The molecule has 0 bridgehead atoms. The molecule has 3 nitrogen and oxygen atoms in total. The van der Waals surface area contributed by atoms with Gasteiger partial charge in [-0.25, -0.2) is 0 Å². The smallest absolute Gasteiger partial charge is 0.128 e. The summed E-state index contributed by atoms with van der Waals surface area (Å²) in [6.07, 6.45) is 1.56. The van der Waals surface area contributed by atoms with E-state index in [1.54, 1.807) is 13.3 Å². The minimum Gasteiger partial charge on any atom is -0.496 e. The van der Waals surface area contributed by atoms with Crippen LogP contribution in [0.3, 0.4) is 0 Å². The molecule has 0 unspecified atom stereocenters. The molecule has 0 spiro atoms. The van der Waals surface area contributed by atoms with E-state index in [4.69, 9.17) is 10.6 Å². The lowest BCUT2D eigenvalue weighted by Gasteiger charge is -2.06. The van der Waals surface area contributed by atoms with Crippen molar-refractivity contribution in [2.75, 3.05) is 7.11 Å². The zero-order valence-corrected chi connectivity index (χ0v) is 9.13. The largest absolute Gasteiger partial charge is 0.496 e. The van der Waals surface area contributed by atoms with Crippen LogP contribution in [0.5, 0.6) is 5.75 Å². The molecule has 0 aromatic heterocycles. The van der Waals surface area contributed by atoms with E-state index >= 15 is 0 Å². The third-order valence-corrected chi connectivity index (χ3v) is 2.58. The Labute approximate surface area is 85.7 Å². The first-order valence-corrected chi connectivity index (χ1v) is 4.55. The molecule has 0 aliphatic rings. The molecular weight excluding hydrogens is 232 g/mol. The van der Waals surface area contributed by atoms with E-state index in [0.717, 1.165) is 21.3 Å². The molecule has 0 amide bonds. The zero-order chi connectivity index (χ0) is 9.84. The van der Waals surface area contributed by atoms with Crippen LogP contribution in [0.25, 0.3) is 0 Å². The van der Waals surface area contributed by atoms with Crippen molar-refractivity contribution >= 4 is 22.1 Å². The van der Waals surface area contributed by atoms with Gasteiger partial charge in [-0.15, -0.1) is 0 Å². The first-order chi connectivity index (χ1) is 6.19. The molecule has 0 atom stereocenters. The summed E-state index contributed by atoms with van der Waals surface area (Å²) in [5, 5.41) is 3.46. The summed E-state index contributed by atoms with van der Waals surface area (Å²) in [6.45, 7) is 2.00. The molecule has 0 aliphatic carbocycles. The van der Waals surface area contributed by atoms with Crippen LogP contribution in [-0.2, 0) is 0 Å². The number of aryl methyl sites for hydroxylation is 1. The molecule has 70 valence electrons. The molecule has 0 aliphatic heterocycles. The predicted molar refractivity (Wildman–Crippen MR) is 57.2 cm³/mol. The van der Waals surface area contributed by atoms with Crippen LogP contribution in [-0.4, -0.2) is 13.3 Å². The summed E-state index contributed by atoms with van der Waals surface area (Å²) in [5.41, 5.74) is 1.98. The Balaban J connectivity index is 3.24. The van der Waals surface area contributed by atoms with Crippen molar-refractivity contribution in [3.8, 4) is 5.75 Å². The lowest BCUT2D eigenvalue weighted by atomic mass is 10.1. The Bertz CT molecular complexity index is 337. The highest BCUT2D eigenvalue weighted by molar-refractivity contribution is 9.10. The molecule has 0 fully saturated rings.